The van der Waals surface area contributed by atoms with E-state index in [1.54, 1.807) is 12.5 Å². The van der Waals surface area contributed by atoms with Crippen LogP contribution in [0, 0.1) is 5.92 Å². The van der Waals surface area contributed by atoms with E-state index in [0.717, 1.165) is 23.7 Å². The predicted molar refractivity (Wildman–Crippen MR) is 47.5 cm³/mol. The molecule has 0 amide bonds. The first-order valence-electron chi connectivity index (χ1n) is 4.40. The maximum absolute atomic E-state index is 5.70. The molecule has 1 aromatic heterocycles. The van der Waals surface area contributed by atoms with Crippen LogP contribution < -0.4 is 5.73 Å². The summed E-state index contributed by atoms with van der Waals surface area (Å²) in [6, 6.07) is 0. The summed E-state index contributed by atoms with van der Waals surface area (Å²) in [6.07, 6.45) is 8.28. The topological polar surface area (TPSA) is 51.8 Å². The van der Waals surface area contributed by atoms with Crippen LogP contribution in [0.2, 0.25) is 0 Å². The fourth-order valence-electron chi connectivity index (χ4n) is 1.32. The van der Waals surface area contributed by atoms with Gasteiger partial charge in [0.25, 0.3) is 0 Å². The van der Waals surface area contributed by atoms with E-state index in [2.05, 4.69) is 9.97 Å². The number of nitrogen functional groups attached to an aromatic ring is 1. The Morgan fingerprint density at radius 1 is 1.50 bits per heavy atom. The Morgan fingerprint density at radius 3 is 3.00 bits per heavy atom. The van der Waals surface area contributed by atoms with E-state index in [4.69, 9.17) is 5.73 Å². The molecular weight excluding hydrogens is 150 g/mol. The zero-order valence-electron chi connectivity index (χ0n) is 7.03. The van der Waals surface area contributed by atoms with Gasteiger partial charge in [-0.15, -0.1) is 0 Å². The zero-order valence-corrected chi connectivity index (χ0v) is 7.03. The van der Waals surface area contributed by atoms with Crippen LogP contribution in [0.15, 0.2) is 12.5 Å². The molecule has 1 aliphatic carbocycles. The largest absolute Gasteiger partial charge is 0.396 e. The maximum atomic E-state index is 5.70. The molecule has 0 spiro atoms. The molecule has 64 valence electrons. The lowest BCUT2D eigenvalue weighted by atomic mass is 10.1. The minimum absolute atomic E-state index is 0.734. The van der Waals surface area contributed by atoms with Crippen LogP contribution in [0.5, 0.6) is 0 Å². The number of hydrogen-bond acceptors (Lipinski definition) is 3. The fourth-order valence-corrected chi connectivity index (χ4v) is 1.32. The molecule has 0 unspecified atom stereocenters. The summed E-state index contributed by atoms with van der Waals surface area (Å²) < 4.78 is 0. The first-order valence-corrected chi connectivity index (χ1v) is 4.40. The predicted octanol–water partition coefficient (Wildman–Crippen LogP) is 1.40. The SMILES string of the molecule is Nc1cncnc1CCC1CC1. The molecule has 2 rings (SSSR count). The lowest BCUT2D eigenvalue weighted by molar-refractivity contribution is 0.713. The summed E-state index contributed by atoms with van der Waals surface area (Å²) >= 11 is 0. The van der Waals surface area contributed by atoms with Gasteiger partial charge in [-0.05, 0) is 18.8 Å². The first kappa shape index (κ1) is 7.53. The van der Waals surface area contributed by atoms with Crippen molar-refractivity contribution in [2.45, 2.75) is 25.7 Å². The second-order valence-electron chi connectivity index (χ2n) is 3.41. The standard InChI is InChI=1S/C9H13N3/c10-8-5-11-6-12-9(8)4-3-7-1-2-7/h5-7H,1-4,10H2. The molecule has 3 nitrogen and oxygen atoms in total. The Balaban J connectivity index is 1.96. The Hall–Kier alpha value is -1.12. The Kier molecular flexibility index (Phi) is 1.94. The van der Waals surface area contributed by atoms with Gasteiger partial charge in [-0.1, -0.05) is 12.8 Å². The second kappa shape index (κ2) is 3.09. The van der Waals surface area contributed by atoms with E-state index >= 15 is 0 Å². The highest BCUT2D eigenvalue weighted by atomic mass is 14.9. The van der Waals surface area contributed by atoms with E-state index in [-0.39, 0.29) is 0 Å². The minimum atomic E-state index is 0.734. The molecule has 1 aliphatic rings. The van der Waals surface area contributed by atoms with E-state index in [1.807, 2.05) is 0 Å². The van der Waals surface area contributed by atoms with Crippen LogP contribution in [0.25, 0.3) is 0 Å². The van der Waals surface area contributed by atoms with Crippen molar-refractivity contribution in [1.29, 1.82) is 0 Å². The summed E-state index contributed by atoms with van der Waals surface area (Å²) in [6.45, 7) is 0. The Bertz CT molecular complexity index is 268. The van der Waals surface area contributed by atoms with Crippen molar-refractivity contribution in [3.63, 3.8) is 0 Å². The van der Waals surface area contributed by atoms with Crippen molar-refractivity contribution in [1.82, 2.24) is 9.97 Å². The lowest BCUT2D eigenvalue weighted by Crippen LogP contribution is -1.99. The monoisotopic (exact) mass is 163 g/mol. The first-order chi connectivity index (χ1) is 5.86. The molecular formula is C9H13N3. The molecule has 2 N–H and O–H groups in total. The van der Waals surface area contributed by atoms with Crippen LogP contribution in [-0.2, 0) is 6.42 Å². The van der Waals surface area contributed by atoms with Gasteiger partial charge in [0.2, 0.25) is 0 Å². The normalized spacial score (nSPS) is 16.3. The number of hydrogen-bond donors (Lipinski definition) is 1. The van der Waals surface area contributed by atoms with E-state index in [1.165, 1.54) is 19.3 Å². The van der Waals surface area contributed by atoms with Crippen LogP contribution in [-0.4, -0.2) is 9.97 Å². The molecule has 1 aromatic rings. The molecule has 1 saturated carbocycles. The average molecular weight is 163 g/mol. The summed E-state index contributed by atoms with van der Waals surface area (Å²) in [5, 5.41) is 0. The molecule has 0 saturated heterocycles. The average Bonchev–Trinajstić information content (AvgIpc) is 2.86. The van der Waals surface area contributed by atoms with Gasteiger partial charge in [0.1, 0.15) is 6.33 Å². The van der Waals surface area contributed by atoms with Crippen molar-refractivity contribution in [2.24, 2.45) is 5.92 Å². The highest BCUT2D eigenvalue weighted by Gasteiger charge is 2.21. The smallest absolute Gasteiger partial charge is 0.115 e. The minimum Gasteiger partial charge on any atom is -0.396 e. The van der Waals surface area contributed by atoms with Crippen molar-refractivity contribution < 1.29 is 0 Å². The number of nitrogens with two attached hydrogens (primary N) is 1. The summed E-state index contributed by atoms with van der Waals surface area (Å²) in [5.74, 6) is 0.944. The number of rotatable bonds is 3. The quantitative estimate of drug-likeness (QED) is 0.732. The molecule has 0 bridgehead atoms. The molecule has 0 aliphatic heterocycles. The van der Waals surface area contributed by atoms with Crippen LogP contribution in [0.1, 0.15) is 25.0 Å². The van der Waals surface area contributed by atoms with Gasteiger partial charge in [0.15, 0.2) is 0 Å². The number of anilines is 1. The zero-order chi connectivity index (χ0) is 8.39. The molecule has 1 fully saturated rings. The van der Waals surface area contributed by atoms with E-state index in [0.29, 0.717) is 0 Å². The van der Waals surface area contributed by atoms with Gasteiger partial charge in [0.05, 0.1) is 17.6 Å². The molecule has 12 heavy (non-hydrogen) atoms. The number of aromatic nitrogens is 2. The summed E-state index contributed by atoms with van der Waals surface area (Å²) in [5.41, 5.74) is 7.45. The molecule has 1 heterocycles. The van der Waals surface area contributed by atoms with Gasteiger partial charge >= 0.3 is 0 Å². The van der Waals surface area contributed by atoms with Crippen LogP contribution >= 0.6 is 0 Å². The molecule has 0 aromatic carbocycles. The molecule has 3 heteroatoms. The summed E-state index contributed by atoms with van der Waals surface area (Å²) in [4.78, 5) is 7.99. The molecule has 0 radical (unpaired) electrons. The third kappa shape index (κ3) is 1.72. The Morgan fingerprint density at radius 2 is 2.33 bits per heavy atom. The maximum Gasteiger partial charge on any atom is 0.115 e. The Labute approximate surface area is 72.0 Å². The van der Waals surface area contributed by atoms with Crippen LogP contribution in [0.4, 0.5) is 5.69 Å². The fraction of sp³-hybridized carbons (Fsp3) is 0.556. The number of nitrogens with zero attached hydrogens (tertiary/aromatic N) is 2. The molecule has 0 atom stereocenters. The van der Waals surface area contributed by atoms with E-state index in [9.17, 15) is 0 Å². The van der Waals surface area contributed by atoms with E-state index < -0.39 is 0 Å². The number of aryl methyl sites for hydroxylation is 1. The van der Waals surface area contributed by atoms with Gasteiger partial charge in [-0.3, -0.25) is 0 Å². The lowest BCUT2D eigenvalue weighted by Gasteiger charge is -2.01. The van der Waals surface area contributed by atoms with Gasteiger partial charge in [-0.25, -0.2) is 9.97 Å². The third-order valence-electron chi connectivity index (χ3n) is 2.31. The van der Waals surface area contributed by atoms with Gasteiger partial charge < -0.3 is 5.73 Å². The highest BCUT2D eigenvalue weighted by molar-refractivity contribution is 5.39. The van der Waals surface area contributed by atoms with Crippen LogP contribution in [0.3, 0.4) is 0 Å². The van der Waals surface area contributed by atoms with Crippen molar-refractivity contribution in [2.75, 3.05) is 5.73 Å². The highest BCUT2D eigenvalue weighted by Crippen LogP contribution is 2.33. The van der Waals surface area contributed by atoms with Crippen molar-refractivity contribution >= 4 is 5.69 Å². The van der Waals surface area contributed by atoms with Gasteiger partial charge in [0, 0.05) is 0 Å². The van der Waals surface area contributed by atoms with Gasteiger partial charge in [-0.2, -0.15) is 0 Å². The second-order valence-corrected chi connectivity index (χ2v) is 3.41. The van der Waals surface area contributed by atoms with Crippen molar-refractivity contribution in [3.05, 3.63) is 18.2 Å². The third-order valence-corrected chi connectivity index (χ3v) is 2.31. The van der Waals surface area contributed by atoms with Crippen molar-refractivity contribution in [3.8, 4) is 0 Å². The summed E-state index contributed by atoms with van der Waals surface area (Å²) in [7, 11) is 0.